The zero-order chi connectivity index (χ0) is 20.2. The van der Waals surface area contributed by atoms with E-state index in [9.17, 15) is 9.59 Å². The Hall–Kier alpha value is -2.49. The number of aromatic nitrogens is 1. The molecule has 1 aromatic carbocycles. The number of carbonyl (C=O) groups is 2. The van der Waals surface area contributed by atoms with E-state index in [1.807, 2.05) is 34.5 Å². The molecule has 3 aromatic rings. The highest BCUT2D eigenvalue weighted by Gasteiger charge is 2.24. The van der Waals surface area contributed by atoms with E-state index >= 15 is 0 Å². The molecular weight excluding hydrogens is 456 g/mol. The Bertz CT molecular complexity index is 980. The molecule has 4 rings (SSSR count). The summed E-state index contributed by atoms with van der Waals surface area (Å²) in [6.07, 6.45) is 1.49. The highest BCUT2D eigenvalue weighted by Crippen LogP contribution is 2.26. The standard InChI is InChI=1S/C20H19BrN4O3S/c21-15-5-3-14(4-6-15)16-13-29-20(22-16)23-18(26)12-24-7-9-25(10-8-24)19(27)17-2-1-11-28-17/h1-6,11,13H,7-10,12H2,(H,22,23,26). The average Bonchev–Trinajstić information content (AvgIpc) is 3.41. The van der Waals surface area contributed by atoms with Crippen molar-refractivity contribution in [3.05, 3.63) is 58.3 Å². The Kier molecular flexibility index (Phi) is 6.08. The molecular formula is C20H19BrN4O3S. The van der Waals surface area contributed by atoms with Crippen LogP contribution in [0.1, 0.15) is 10.6 Å². The van der Waals surface area contributed by atoms with E-state index in [0.29, 0.717) is 37.1 Å². The van der Waals surface area contributed by atoms with Crippen LogP contribution in [0.2, 0.25) is 0 Å². The van der Waals surface area contributed by atoms with Crippen molar-refractivity contribution in [2.24, 2.45) is 0 Å². The lowest BCUT2D eigenvalue weighted by Gasteiger charge is -2.33. The maximum Gasteiger partial charge on any atom is 0.289 e. The molecule has 0 spiro atoms. The van der Waals surface area contributed by atoms with Crippen molar-refractivity contribution in [2.75, 3.05) is 38.0 Å². The average molecular weight is 475 g/mol. The molecule has 150 valence electrons. The minimum Gasteiger partial charge on any atom is -0.459 e. The highest BCUT2D eigenvalue weighted by molar-refractivity contribution is 9.10. The molecule has 1 N–H and O–H groups in total. The quantitative estimate of drug-likeness (QED) is 0.611. The van der Waals surface area contributed by atoms with Crippen molar-refractivity contribution in [1.29, 1.82) is 0 Å². The second-order valence-corrected chi connectivity index (χ2v) is 8.41. The van der Waals surface area contributed by atoms with Gasteiger partial charge in [-0.2, -0.15) is 0 Å². The number of hydrogen-bond acceptors (Lipinski definition) is 6. The van der Waals surface area contributed by atoms with Gasteiger partial charge in [-0.3, -0.25) is 14.5 Å². The van der Waals surface area contributed by atoms with E-state index in [-0.39, 0.29) is 18.4 Å². The van der Waals surface area contributed by atoms with E-state index in [0.717, 1.165) is 15.7 Å². The normalized spacial score (nSPS) is 14.7. The predicted molar refractivity (Wildman–Crippen MR) is 115 cm³/mol. The number of halogens is 1. The first-order chi connectivity index (χ1) is 14.1. The molecule has 1 saturated heterocycles. The van der Waals surface area contributed by atoms with Gasteiger partial charge in [-0.25, -0.2) is 4.98 Å². The fourth-order valence-electron chi connectivity index (χ4n) is 3.11. The fourth-order valence-corrected chi connectivity index (χ4v) is 4.11. The summed E-state index contributed by atoms with van der Waals surface area (Å²) in [5, 5.41) is 5.38. The molecule has 2 aromatic heterocycles. The molecule has 1 aliphatic heterocycles. The number of nitrogens with zero attached hydrogens (tertiary/aromatic N) is 3. The minimum atomic E-state index is -0.109. The Morgan fingerprint density at radius 1 is 1.14 bits per heavy atom. The van der Waals surface area contributed by atoms with E-state index < -0.39 is 0 Å². The van der Waals surface area contributed by atoms with E-state index in [4.69, 9.17) is 4.42 Å². The van der Waals surface area contributed by atoms with Gasteiger partial charge in [-0.15, -0.1) is 11.3 Å². The zero-order valence-corrected chi connectivity index (χ0v) is 17.9. The van der Waals surface area contributed by atoms with Gasteiger partial charge in [-0.05, 0) is 24.3 Å². The molecule has 1 aliphatic rings. The summed E-state index contributed by atoms with van der Waals surface area (Å²) in [7, 11) is 0. The zero-order valence-electron chi connectivity index (χ0n) is 15.5. The highest BCUT2D eigenvalue weighted by atomic mass is 79.9. The number of anilines is 1. The molecule has 0 aliphatic carbocycles. The molecule has 7 nitrogen and oxygen atoms in total. The van der Waals surface area contributed by atoms with E-state index in [1.54, 1.807) is 17.0 Å². The van der Waals surface area contributed by atoms with Crippen molar-refractivity contribution >= 4 is 44.2 Å². The van der Waals surface area contributed by atoms with Gasteiger partial charge in [0.15, 0.2) is 10.9 Å². The number of furan rings is 1. The van der Waals surface area contributed by atoms with Gasteiger partial charge in [0, 0.05) is 41.6 Å². The third-order valence-corrected chi connectivity index (χ3v) is 5.94. The number of piperazine rings is 1. The molecule has 0 saturated carbocycles. The number of nitrogens with one attached hydrogen (secondary N) is 1. The van der Waals surface area contributed by atoms with E-state index in [1.165, 1.54) is 17.6 Å². The van der Waals surface area contributed by atoms with Gasteiger partial charge < -0.3 is 14.6 Å². The number of rotatable bonds is 5. The van der Waals surface area contributed by atoms with Gasteiger partial charge >= 0.3 is 0 Å². The van der Waals surface area contributed by atoms with Crippen LogP contribution in [0.5, 0.6) is 0 Å². The number of carbonyl (C=O) groups excluding carboxylic acids is 2. The predicted octanol–water partition coefficient (Wildman–Crippen LogP) is 3.56. The molecule has 29 heavy (non-hydrogen) atoms. The van der Waals surface area contributed by atoms with Crippen molar-refractivity contribution in [1.82, 2.24) is 14.8 Å². The smallest absolute Gasteiger partial charge is 0.289 e. The van der Waals surface area contributed by atoms with Crippen LogP contribution in [-0.4, -0.2) is 59.3 Å². The van der Waals surface area contributed by atoms with Gasteiger partial charge in [0.1, 0.15) is 0 Å². The van der Waals surface area contributed by atoms with Crippen molar-refractivity contribution in [3.8, 4) is 11.3 Å². The number of amides is 2. The third kappa shape index (κ3) is 4.92. The number of benzene rings is 1. The van der Waals surface area contributed by atoms with Crippen LogP contribution in [0.25, 0.3) is 11.3 Å². The first-order valence-electron chi connectivity index (χ1n) is 9.15. The van der Waals surface area contributed by atoms with Gasteiger partial charge in [0.25, 0.3) is 5.91 Å². The molecule has 1 fully saturated rings. The SMILES string of the molecule is O=C(CN1CCN(C(=O)c2ccco2)CC1)Nc1nc(-c2ccc(Br)cc2)cs1. The largest absolute Gasteiger partial charge is 0.459 e. The fraction of sp³-hybridized carbons (Fsp3) is 0.250. The Morgan fingerprint density at radius 2 is 1.90 bits per heavy atom. The second kappa shape index (κ2) is 8.89. The molecule has 0 radical (unpaired) electrons. The molecule has 3 heterocycles. The van der Waals surface area contributed by atoms with Crippen LogP contribution in [0, 0.1) is 0 Å². The summed E-state index contributed by atoms with van der Waals surface area (Å²) in [5.41, 5.74) is 1.84. The van der Waals surface area contributed by atoms with Crippen molar-refractivity contribution < 1.29 is 14.0 Å². The third-order valence-electron chi connectivity index (χ3n) is 4.65. The molecule has 2 amide bonds. The summed E-state index contributed by atoms with van der Waals surface area (Å²) >= 11 is 4.82. The minimum absolute atomic E-state index is 0.104. The van der Waals surface area contributed by atoms with Crippen LogP contribution in [0.3, 0.4) is 0 Å². The summed E-state index contributed by atoms with van der Waals surface area (Å²) in [5.74, 6) is 0.136. The Labute approximate surface area is 180 Å². The van der Waals surface area contributed by atoms with Crippen LogP contribution in [0.15, 0.2) is 56.9 Å². The van der Waals surface area contributed by atoms with Crippen molar-refractivity contribution in [3.63, 3.8) is 0 Å². The second-order valence-electron chi connectivity index (χ2n) is 6.64. The molecule has 0 unspecified atom stereocenters. The molecule has 0 bridgehead atoms. The number of thiazole rings is 1. The van der Waals surface area contributed by atoms with E-state index in [2.05, 4.69) is 26.2 Å². The topological polar surface area (TPSA) is 78.7 Å². The lowest BCUT2D eigenvalue weighted by Crippen LogP contribution is -2.50. The Balaban J connectivity index is 1.26. The monoisotopic (exact) mass is 474 g/mol. The molecule has 0 atom stereocenters. The number of hydrogen-bond donors (Lipinski definition) is 1. The maximum atomic E-state index is 12.4. The van der Waals surface area contributed by atoms with Crippen LogP contribution in [-0.2, 0) is 4.79 Å². The van der Waals surface area contributed by atoms with Crippen molar-refractivity contribution in [2.45, 2.75) is 0 Å². The maximum absolute atomic E-state index is 12.4. The lowest BCUT2D eigenvalue weighted by atomic mass is 10.2. The van der Waals surface area contributed by atoms with Gasteiger partial charge in [-0.1, -0.05) is 28.1 Å². The molecule has 9 heteroatoms. The Morgan fingerprint density at radius 3 is 2.59 bits per heavy atom. The van der Waals surface area contributed by atoms with Crippen LogP contribution >= 0.6 is 27.3 Å². The lowest BCUT2D eigenvalue weighted by molar-refractivity contribution is -0.117. The first kappa shape index (κ1) is 19.8. The summed E-state index contributed by atoms with van der Waals surface area (Å²) < 4.78 is 6.18. The summed E-state index contributed by atoms with van der Waals surface area (Å²) in [6, 6.07) is 11.3. The van der Waals surface area contributed by atoms with Gasteiger partial charge in [0.2, 0.25) is 5.91 Å². The van der Waals surface area contributed by atoms with Crippen LogP contribution < -0.4 is 5.32 Å². The summed E-state index contributed by atoms with van der Waals surface area (Å²) in [4.78, 5) is 33.0. The van der Waals surface area contributed by atoms with Gasteiger partial charge in [0.05, 0.1) is 18.5 Å². The summed E-state index contributed by atoms with van der Waals surface area (Å²) in [6.45, 7) is 2.69. The first-order valence-corrected chi connectivity index (χ1v) is 10.8. The van der Waals surface area contributed by atoms with Crippen LogP contribution in [0.4, 0.5) is 5.13 Å².